The minimum Gasteiger partial charge on any atom is -0.474 e. The van der Waals surface area contributed by atoms with Crippen molar-refractivity contribution in [2.45, 2.75) is 25.9 Å². The number of hydrogen-bond donors (Lipinski definition) is 1. The van der Waals surface area contributed by atoms with Gasteiger partial charge in [0, 0.05) is 50.5 Å². The second-order valence-electron chi connectivity index (χ2n) is 5.49. The number of rotatable bonds is 3. The van der Waals surface area contributed by atoms with E-state index in [2.05, 4.69) is 15.0 Å². The molecule has 1 amide bonds. The van der Waals surface area contributed by atoms with E-state index in [-0.39, 0.29) is 17.6 Å². The van der Waals surface area contributed by atoms with Gasteiger partial charge in [0.1, 0.15) is 11.9 Å². The second-order valence-corrected chi connectivity index (χ2v) is 5.49. The minimum absolute atomic E-state index is 0.0453. The summed E-state index contributed by atoms with van der Waals surface area (Å²) in [6.07, 6.45) is 4.67. The topological polar surface area (TPSA) is 88.2 Å². The summed E-state index contributed by atoms with van der Waals surface area (Å²) in [6, 6.07) is 4.65. The summed E-state index contributed by atoms with van der Waals surface area (Å²) < 4.78 is 5.85. The second kappa shape index (κ2) is 6.60. The summed E-state index contributed by atoms with van der Waals surface area (Å²) in [5.74, 6) is 1.17. The van der Waals surface area contributed by atoms with Gasteiger partial charge in [0.05, 0.1) is 5.56 Å². The third-order valence-electron chi connectivity index (χ3n) is 3.80. The van der Waals surface area contributed by atoms with Gasteiger partial charge in [0.2, 0.25) is 11.4 Å². The maximum atomic E-state index is 12.4. The van der Waals surface area contributed by atoms with E-state index in [9.17, 15) is 9.59 Å². The lowest BCUT2D eigenvalue weighted by atomic mass is 10.1. The van der Waals surface area contributed by atoms with Crippen molar-refractivity contribution in [2.75, 3.05) is 13.1 Å². The van der Waals surface area contributed by atoms with E-state index in [1.54, 1.807) is 23.2 Å². The molecule has 0 bridgehead atoms. The molecule has 7 heteroatoms. The SMILES string of the molecule is Cc1nccc(OC2CCN(C(=O)c3ccc(=O)[nH]c3)CC2)n1. The highest BCUT2D eigenvalue weighted by molar-refractivity contribution is 5.93. The fourth-order valence-electron chi connectivity index (χ4n) is 2.57. The fourth-order valence-corrected chi connectivity index (χ4v) is 2.57. The quantitative estimate of drug-likeness (QED) is 0.918. The number of aromatic nitrogens is 3. The van der Waals surface area contributed by atoms with Gasteiger partial charge in [-0.2, -0.15) is 4.98 Å². The molecule has 0 spiro atoms. The number of aryl methyl sites for hydroxylation is 1. The highest BCUT2D eigenvalue weighted by Gasteiger charge is 2.25. The van der Waals surface area contributed by atoms with Gasteiger partial charge < -0.3 is 14.6 Å². The molecule has 120 valence electrons. The first-order valence-corrected chi connectivity index (χ1v) is 7.56. The molecular formula is C16H18N4O3. The van der Waals surface area contributed by atoms with E-state index in [0.29, 0.717) is 30.4 Å². The molecule has 0 saturated carbocycles. The number of hydrogen-bond acceptors (Lipinski definition) is 5. The Morgan fingerprint density at radius 2 is 2.09 bits per heavy atom. The summed E-state index contributed by atoms with van der Waals surface area (Å²) in [5, 5.41) is 0. The van der Waals surface area contributed by atoms with Crippen LogP contribution >= 0.6 is 0 Å². The Labute approximate surface area is 133 Å². The van der Waals surface area contributed by atoms with Crippen LogP contribution in [0.25, 0.3) is 0 Å². The average molecular weight is 314 g/mol. The smallest absolute Gasteiger partial charge is 0.255 e. The third-order valence-corrected chi connectivity index (χ3v) is 3.80. The molecule has 3 heterocycles. The molecule has 1 aliphatic heterocycles. The first-order chi connectivity index (χ1) is 11.1. The number of carbonyl (C=O) groups excluding carboxylic acids is 1. The zero-order valence-corrected chi connectivity index (χ0v) is 12.9. The van der Waals surface area contributed by atoms with Crippen molar-refractivity contribution in [3.05, 3.63) is 52.3 Å². The number of H-pyrrole nitrogens is 1. The van der Waals surface area contributed by atoms with Crippen LogP contribution in [0.1, 0.15) is 29.0 Å². The number of piperidine rings is 1. The summed E-state index contributed by atoms with van der Waals surface area (Å²) in [5.41, 5.74) is 0.282. The number of pyridine rings is 1. The van der Waals surface area contributed by atoms with Gasteiger partial charge in [-0.05, 0) is 13.0 Å². The van der Waals surface area contributed by atoms with E-state index in [1.807, 2.05) is 6.92 Å². The standard InChI is InChI=1S/C16H18N4O3/c1-11-17-7-4-15(19-11)23-13-5-8-20(9-6-13)16(22)12-2-3-14(21)18-10-12/h2-4,7,10,13H,5-6,8-9H2,1H3,(H,18,21). The lowest BCUT2D eigenvalue weighted by Crippen LogP contribution is -2.42. The number of amides is 1. The molecule has 1 aliphatic rings. The molecular weight excluding hydrogens is 296 g/mol. The number of aromatic amines is 1. The van der Waals surface area contributed by atoms with Crippen LogP contribution in [-0.2, 0) is 0 Å². The van der Waals surface area contributed by atoms with Crippen molar-refractivity contribution in [2.24, 2.45) is 0 Å². The van der Waals surface area contributed by atoms with Crippen LogP contribution in [0, 0.1) is 6.92 Å². The van der Waals surface area contributed by atoms with Gasteiger partial charge >= 0.3 is 0 Å². The third kappa shape index (κ3) is 3.74. The summed E-state index contributed by atoms with van der Waals surface area (Å²) in [4.78, 5) is 36.0. The lowest BCUT2D eigenvalue weighted by Gasteiger charge is -2.31. The largest absolute Gasteiger partial charge is 0.474 e. The molecule has 2 aromatic rings. The molecule has 23 heavy (non-hydrogen) atoms. The monoisotopic (exact) mass is 314 g/mol. The van der Waals surface area contributed by atoms with Crippen molar-refractivity contribution >= 4 is 5.91 Å². The van der Waals surface area contributed by atoms with Gasteiger partial charge in [0.15, 0.2) is 0 Å². The Kier molecular flexibility index (Phi) is 4.36. The van der Waals surface area contributed by atoms with E-state index >= 15 is 0 Å². The van der Waals surface area contributed by atoms with E-state index in [4.69, 9.17) is 4.74 Å². The van der Waals surface area contributed by atoms with E-state index in [1.165, 1.54) is 12.3 Å². The highest BCUT2D eigenvalue weighted by Crippen LogP contribution is 2.18. The van der Waals surface area contributed by atoms with Gasteiger partial charge in [-0.25, -0.2) is 4.98 Å². The minimum atomic E-state index is -0.214. The van der Waals surface area contributed by atoms with E-state index in [0.717, 1.165) is 12.8 Å². The van der Waals surface area contributed by atoms with Gasteiger partial charge in [0.25, 0.3) is 5.91 Å². The van der Waals surface area contributed by atoms with Crippen molar-refractivity contribution < 1.29 is 9.53 Å². The normalized spacial score (nSPS) is 15.4. The predicted molar refractivity (Wildman–Crippen MR) is 83.4 cm³/mol. The Bertz CT molecular complexity index is 730. The number of nitrogens with zero attached hydrogens (tertiary/aromatic N) is 3. The maximum Gasteiger partial charge on any atom is 0.255 e. The maximum absolute atomic E-state index is 12.4. The molecule has 2 aromatic heterocycles. The van der Waals surface area contributed by atoms with Crippen molar-refractivity contribution in [3.63, 3.8) is 0 Å². The molecule has 1 saturated heterocycles. The van der Waals surface area contributed by atoms with Crippen LogP contribution in [0.15, 0.2) is 35.4 Å². The molecule has 1 fully saturated rings. The highest BCUT2D eigenvalue weighted by atomic mass is 16.5. The van der Waals surface area contributed by atoms with Crippen LogP contribution in [-0.4, -0.2) is 45.0 Å². The van der Waals surface area contributed by atoms with Crippen LogP contribution in [0.5, 0.6) is 5.88 Å². The Balaban J connectivity index is 1.56. The molecule has 0 radical (unpaired) electrons. The first kappa shape index (κ1) is 15.2. The number of carbonyl (C=O) groups is 1. The zero-order chi connectivity index (χ0) is 16.2. The summed E-state index contributed by atoms with van der Waals surface area (Å²) in [7, 11) is 0. The first-order valence-electron chi connectivity index (χ1n) is 7.56. The van der Waals surface area contributed by atoms with Crippen molar-refractivity contribution in [1.29, 1.82) is 0 Å². The molecule has 3 rings (SSSR count). The Morgan fingerprint density at radius 1 is 1.30 bits per heavy atom. The number of nitrogens with one attached hydrogen (secondary N) is 1. The van der Waals surface area contributed by atoms with Crippen LogP contribution in [0.3, 0.4) is 0 Å². The predicted octanol–water partition coefficient (Wildman–Crippen LogP) is 1.16. The molecule has 0 aromatic carbocycles. The zero-order valence-electron chi connectivity index (χ0n) is 12.9. The Hall–Kier alpha value is -2.70. The molecule has 0 aliphatic carbocycles. The molecule has 0 atom stereocenters. The summed E-state index contributed by atoms with van der Waals surface area (Å²) >= 11 is 0. The van der Waals surface area contributed by atoms with Crippen molar-refractivity contribution in [1.82, 2.24) is 19.9 Å². The van der Waals surface area contributed by atoms with Gasteiger partial charge in [-0.3, -0.25) is 9.59 Å². The van der Waals surface area contributed by atoms with Crippen LogP contribution in [0.2, 0.25) is 0 Å². The molecule has 7 nitrogen and oxygen atoms in total. The van der Waals surface area contributed by atoms with Crippen molar-refractivity contribution in [3.8, 4) is 5.88 Å². The van der Waals surface area contributed by atoms with Gasteiger partial charge in [-0.1, -0.05) is 0 Å². The number of ether oxygens (including phenoxy) is 1. The van der Waals surface area contributed by atoms with Crippen LogP contribution in [0.4, 0.5) is 0 Å². The summed E-state index contributed by atoms with van der Waals surface area (Å²) in [6.45, 7) is 3.05. The Morgan fingerprint density at radius 3 is 2.74 bits per heavy atom. The van der Waals surface area contributed by atoms with Gasteiger partial charge in [-0.15, -0.1) is 0 Å². The molecule has 1 N–H and O–H groups in total. The fraction of sp³-hybridized carbons (Fsp3) is 0.375. The molecule has 0 unspecified atom stereocenters. The number of likely N-dealkylation sites (tertiary alicyclic amines) is 1. The average Bonchev–Trinajstić information content (AvgIpc) is 2.56. The van der Waals surface area contributed by atoms with E-state index < -0.39 is 0 Å². The lowest BCUT2D eigenvalue weighted by molar-refractivity contribution is 0.0587. The van der Waals surface area contributed by atoms with Crippen LogP contribution < -0.4 is 10.3 Å².